The molecular formula is C36H76O12Si4. The Bertz CT molecular complexity index is 1010. The summed E-state index contributed by atoms with van der Waals surface area (Å²) < 4.78 is 30.5. The number of ether oxygens (including phenoxy) is 2. The van der Waals surface area contributed by atoms with Gasteiger partial charge >= 0.3 is 29.1 Å². The lowest BCUT2D eigenvalue weighted by molar-refractivity contribution is -0.287. The summed E-state index contributed by atoms with van der Waals surface area (Å²) in [6, 6.07) is 2.69. The summed E-state index contributed by atoms with van der Waals surface area (Å²) in [5, 5.41) is 25.4. The number of esters is 2. The standard InChI is InChI=1S/C26H56O8Si4.C7H12O3.C3H8O/c1-24(2)23-31-30-19-16-21-36(7,8)33-38(11,22-14-12-13-17-27)34-37(9,10)32-35(5,6)20-15-18-29-26(28)25(3)4;1-6(2)7(9)10-5-3-4-8;1-2-3-4/h27H,1,3,12-23H2,2,4-11H3;8H,1,3-5H2,2H3;4H,2-3H2,1H3. The predicted molar refractivity (Wildman–Crippen MR) is 219 cm³/mol. The van der Waals surface area contributed by atoms with Crippen LogP contribution in [0.1, 0.15) is 72.6 Å². The van der Waals surface area contributed by atoms with Crippen LogP contribution in [-0.4, -0.2) is 107 Å². The van der Waals surface area contributed by atoms with Gasteiger partial charge in [0.15, 0.2) is 16.6 Å². The Morgan fingerprint density at radius 3 is 1.46 bits per heavy atom. The highest BCUT2D eigenvalue weighted by Crippen LogP contribution is 2.31. The fraction of sp³-hybridized carbons (Fsp3) is 0.778. The zero-order chi connectivity index (χ0) is 40.9. The lowest BCUT2D eigenvalue weighted by atomic mass is 10.3. The smallest absolute Gasteiger partial charge is 0.333 e. The minimum Gasteiger partial charge on any atom is -0.462 e. The molecule has 12 nitrogen and oxygen atoms in total. The molecule has 0 aliphatic rings. The summed E-state index contributed by atoms with van der Waals surface area (Å²) in [5.41, 5.74) is 1.73. The van der Waals surface area contributed by atoms with Crippen molar-refractivity contribution in [2.45, 2.75) is 137 Å². The van der Waals surface area contributed by atoms with Gasteiger partial charge in [-0.05, 0) is 110 Å². The summed E-state index contributed by atoms with van der Waals surface area (Å²) in [6.07, 6.45) is 5.68. The molecule has 0 bridgehead atoms. The molecule has 0 saturated heterocycles. The number of carbonyl (C=O) groups excluding carboxylic acids is 2. The van der Waals surface area contributed by atoms with Crippen molar-refractivity contribution in [3.05, 3.63) is 36.5 Å². The van der Waals surface area contributed by atoms with Crippen molar-refractivity contribution >= 4 is 45.7 Å². The maximum atomic E-state index is 11.6. The Balaban J connectivity index is -0.00000143. The second-order valence-corrected chi connectivity index (χ2v) is 30.8. The van der Waals surface area contributed by atoms with E-state index >= 15 is 0 Å². The van der Waals surface area contributed by atoms with Gasteiger partial charge in [0.1, 0.15) is 6.61 Å². The molecule has 0 spiro atoms. The van der Waals surface area contributed by atoms with E-state index in [1.165, 1.54) is 0 Å². The number of hydrogen-bond acceptors (Lipinski definition) is 12. The van der Waals surface area contributed by atoms with Crippen LogP contribution >= 0.6 is 0 Å². The topological polar surface area (TPSA) is 159 Å². The molecule has 0 rings (SSSR count). The molecule has 52 heavy (non-hydrogen) atoms. The number of unbranched alkanes of at least 4 members (excludes halogenated alkanes) is 2. The molecule has 0 aliphatic carbocycles. The van der Waals surface area contributed by atoms with Gasteiger partial charge in [0, 0.05) is 37.4 Å². The fourth-order valence-corrected chi connectivity index (χ4v) is 24.4. The molecule has 1 atom stereocenters. The van der Waals surface area contributed by atoms with E-state index in [0.29, 0.717) is 44.0 Å². The van der Waals surface area contributed by atoms with Gasteiger partial charge in [-0.1, -0.05) is 45.1 Å². The van der Waals surface area contributed by atoms with Crippen molar-refractivity contribution in [2.24, 2.45) is 0 Å². The minimum absolute atomic E-state index is 0.0451. The van der Waals surface area contributed by atoms with Crippen molar-refractivity contribution in [1.82, 2.24) is 0 Å². The maximum absolute atomic E-state index is 11.6. The highest BCUT2D eigenvalue weighted by molar-refractivity contribution is 6.89. The van der Waals surface area contributed by atoms with Crippen LogP contribution in [0.2, 0.25) is 64.0 Å². The quantitative estimate of drug-likeness (QED) is 0.0135. The lowest BCUT2D eigenvalue weighted by Gasteiger charge is -2.42. The normalized spacial score (nSPS) is 12.7. The maximum Gasteiger partial charge on any atom is 0.333 e. The van der Waals surface area contributed by atoms with E-state index < -0.39 is 39.7 Å². The van der Waals surface area contributed by atoms with Crippen LogP contribution in [0.5, 0.6) is 0 Å². The molecule has 0 fully saturated rings. The van der Waals surface area contributed by atoms with Gasteiger partial charge < -0.3 is 37.1 Å². The van der Waals surface area contributed by atoms with Crippen LogP contribution in [0, 0.1) is 0 Å². The number of aliphatic hydroxyl groups excluding tert-OH is 3. The van der Waals surface area contributed by atoms with Gasteiger partial charge in [-0.3, -0.25) is 0 Å². The Hall–Kier alpha value is -1.29. The first kappa shape index (κ1) is 55.0. The highest BCUT2D eigenvalue weighted by Gasteiger charge is 2.45. The molecule has 0 aliphatic heterocycles. The van der Waals surface area contributed by atoms with Crippen LogP contribution < -0.4 is 0 Å². The number of rotatable bonds is 28. The highest BCUT2D eigenvalue weighted by atomic mass is 28.5. The molecule has 308 valence electrons. The third-order valence-electron chi connectivity index (χ3n) is 6.77. The number of hydrogen-bond donors (Lipinski definition) is 3. The third-order valence-corrected chi connectivity index (χ3v) is 23.0. The molecule has 3 N–H and O–H groups in total. The van der Waals surface area contributed by atoms with Crippen LogP contribution in [-0.2, 0) is 41.2 Å². The van der Waals surface area contributed by atoms with E-state index in [9.17, 15) is 14.7 Å². The average Bonchev–Trinajstić information content (AvgIpc) is 3.02. The summed E-state index contributed by atoms with van der Waals surface area (Å²) in [6.45, 7) is 35.3. The van der Waals surface area contributed by atoms with Gasteiger partial charge in [0.2, 0.25) is 0 Å². The van der Waals surface area contributed by atoms with E-state index in [-0.39, 0.29) is 25.8 Å². The molecule has 0 aromatic heterocycles. The molecule has 0 aromatic rings. The first-order chi connectivity index (χ1) is 24.0. The van der Waals surface area contributed by atoms with Crippen LogP contribution in [0.25, 0.3) is 0 Å². The summed E-state index contributed by atoms with van der Waals surface area (Å²) >= 11 is 0. The first-order valence-electron chi connectivity index (χ1n) is 18.5. The third kappa shape index (κ3) is 35.7. The van der Waals surface area contributed by atoms with E-state index in [2.05, 4.69) is 70.3 Å². The monoisotopic (exact) mass is 812 g/mol. The van der Waals surface area contributed by atoms with E-state index in [4.69, 9.17) is 37.1 Å². The molecule has 0 radical (unpaired) electrons. The SMILES string of the molecule is C=C(C)C(=O)OCCCO.C=C(C)COOCCC[Si](C)(C)O[Si](C)(CCCCCO)O[Si](C)(C)O[Si](C)(C)CCCOC(=O)C(=C)C.CCCO. The zero-order valence-corrected chi connectivity index (χ0v) is 38.7. The molecule has 0 saturated carbocycles. The molecule has 0 aromatic carbocycles. The van der Waals surface area contributed by atoms with Gasteiger partial charge in [-0.2, -0.15) is 0 Å². The molecule has 0 amide bonds. The van der Waals surface area contributed by atoms with Gasteiger partial charge in [-0.15, -0.1) is 0 Å². The van der Waals surface area contributed by atoms with Gasteiger partial charge in [0.05, 0.1) is 19.8 Å². The van der Waals surface area contributed by atoms with Crippen molar-refractivity contribution in [1.29, 1.82) is 0 Å². The first-order valence-corrected chi connectivity index (χ1v) is 30.1. The van der Waals surface area contributed by atoms with Crippen LogP contribution in [0.15, 0.2) is 36.5 Å². The molecule has 1 unspecified atom stereocenters. The largest absolute Gasteiger partial charge is 0.462 e. The van der Waals surface area contributed by atoms with Crippen LogP contribution in [0.3, 0.4) is 0 Å². The fourth-order valence-electron chi connectivity index (χ4n) is 4.65. The van der Waals surface area contributed by atoms with Gasteiger partial charge in [-0.25, -0.2) is 19.4 Å². The van der Waals surface area contributed by atoms with Crippen molar-refractivity contribution in [2.75, 3.05) is 46.2 Å². The molecule has 0 heterocycles. The van der Waals surface area contributed by atoms with Gasteiger partial charge in [0.25, 0.3) is 0 Å². The second kappa shape index (κ2) is 31.0. The van der Waals surface area contributed by atoms with Crippen molar-refractivity contribution in [3.63, 3.8) is 0 Å². The molecule has 16 heteroatoms. The van der Waals surface area contributed by atoms with Crippen LogP contribution in [0.4, 0.5) is 0 Å². The van der Waals surface area contributed by atoms with E-state index in [0.717, 1.165) is 62.2 Å². The minimum atomic E-state index is -2.55. The van der Waals surface area contributed by atoms with Crippen molar-refractivity contribution < 1.29 is 56.5 Å². The Morgan fingerprint density at radius 2 is 1.02 bits per heavy atom. The summed E-state index contributed by atoms with van der Waals surface area (Å²) in [4.78, 5) is 32.7. The number of carbonyl (C=O) groups is 2. The Labute approximate surface area is 320 Å². The van der Waals surface area contributed by atoms with E-state index in [1.807, 2.05) is 13.8 Å². The van der Waals surface area contributed by atoms with Crippen molar-refractivity contribution in [3.8, 4) is 0 Å². The summed E-state index contributed by atoms with van der Waals surface area (Å²) in [7, 11) is -9.14. The predicted octanol–water partition coefficient (Wildman–Crippen LogP) is 7.68. The Morgan fingerprint density at radius 1 is 0.558 bits per heavy atom. The second-order valence-electron chi connectivity index (χ2n) is 14.8. The number of aliphatic hydroxyl groups is 3. The molecular weight excluding hydrogens is 737 g/mol. The average molecular weight is 813 g/mol. The zero-order valence-electron chi connectivity index (χ0n) is 34.7. The Kier molecular flexibility index (Phi) is 32.8. The van der Waals surface area contributed by atoms with E-state index in [1.54, 1.807) is 13.8 Å². The lowest BCUT2D eigenvalue weighted by Crippen LogP contribution is -2.57. The summed E-state index contributed by atoms with van der Waals surface area (Å²) in [5.74, 6) is -0.741.